The molecule has 0 saturated heterocycles. The smallest absolute Gasteiger partial charge is 0.269 e. The van der Waals surface area contributed by atoms with Crippen molar-refractivity contribution in [3.05, 3.63) is 93.4 Å². The number of oxime groups is 1. The number of nitrogens with zero attached hydrogens (tertiary/aromatic N) is 2. The number of nitro benzene ring substituents is 1. The average molecular weight is 386 g/mol. The standard InChI is InChI=1S/C19H16ClN3O4/c20-14-5-3-13(4-6-14)17(22-24)12-18(19-2-1-11-27-19)21-15-7-9-16(10-8-15)23(25)26/h1-11,18,21,24H,12H2/b22-17-. The highest BCUT2D eigenvalue weighted by Crippen LogP contribution is 2.27. The van der Waals surface area contributed by atoms with E-state index in [1.165, 1.54) is 12.1 Å². The minimum atomic E-state index is -0.454. The van der Waals surface area contributed by atoms with Crippen molar-refractivity contribution in [2.45, 2.75) is 12.5 Å². The molecule has 0 aliphatic heterocycles. The molecule has 7 nitrogen and oxygen atoms in total. The largest absolute Gasteiger partial charge is 0.467 e. The lowest BCUT2D eigenvalue weighted by atomic mass is 10.0. The Labute approximate surface area is 160 Å². The molecule has 3 aromatic rings. The lowest BCUT2D eigenvalue weighted by Crippen LogP contribution is -2.16. The van der Waals surface area contributed by atoms with Crippen molar-refractivity contribution in [1.29, 1.82) is 0 Å². The second-order valence-electron chi connectivity index (χ2n) is 5.77. The molecule has 2 N–H and O–H groups in total. The second-order valence-corrected chi connectivity index (χ2v) is 6.21. The molecule has 0 saturated carbocycles. The van der Waals surface area contributed by atoms with Crippen LogP contribution in [0.15, 0.2) is 76.5 Å². The molecular weight excluding hydrogens is 370 g/mol. The molecule has 2 aromatic carbocycles. The van der Waals surface area contributed by atoms with Gasteiger partial charge in [-0.05, 0) is 42.0 Å². The zero-order valence-corrected chi connectivity index (χ0v) is 14.8. The number of furan rings is 1. The van der Waals surface area contributed by atoms with Gasteiger partial charge in [0, 0.05) is 29.3 Å². The molecule has 0 amide bonds. The predicted octanol–water partition coefficient (Wildman–Crippen LogP) is 5.26. The number of rotatable bonds is 7. The van der Waals surface area contributed by atoms with Gasteiger partial charge < -0.3 is 14.9 Å². The molecule has 3 rings (SSSR count). The number of nitro groups is 1. The number of halogens is 1. The van der Waals surface area contributed by atoms with E-state index in [-0.39, 0.29) is 11.7 Å². The molecule has 0 radical (unpaired) electrons. The molecule has 8 heteroatoms. The predicted molar refractivity (Wildman–Crippen MR) is 103 cm³/mol. The third-order valence-corrected chi connectivity index (χ3v) is 4.25. The highest BCUT2D eigenvalue weighted by molar-refractivity contribution is 6.30. The number of non-ortho nitro benzene ring substituents is 1. The molecule has 1 heterocycles. The van der Waals surface area contributed by atoms with Crippen LogP contribution >= 0.6 is 11.6 Å². The minimum Gasteiger partial charge on any atom is -0.467 e. The summed E-state index contributed by atoms with van der Waals surface area (Å²) in [5.41, 5.74) is 1.86. The fourth-order valence-corrected chi connectivity index (χ4v) is 2.77. The quantitative estimate of drug-likeness (QED) is 0.250. The Balaban J connectivity index is 1.83. The second kappa shape index (κ2) is 8.37. The summed E-state index contributed by atoms with van der Waals surface area (Å²) in [6.07, 6.45) is 1.88. The van der Waals surface area contributed by atoms with Crippen LogP contribution in [0.5, 0.6) is 0 Å². The first-order valence-corrected chi connectivity index (χ1v) is 8.46. The van der Waals surface area contributed by atoms with Crippen molar-refractivity contribution in [3.8, 4) is 0 Å². The lowest BCUT2D eigenvalue weighted by molar-refractivity contribution is -0.384. The maximum atomic E-state index is 10.8. The summed E-state index contributed by atoms with van der Waals surface area (Å²) in [6.45, 7) is 0. The Morgan fingerprint density at radius 1 is 1.19 bits per heavy atom. The molecule has 0 fully saturated rings. The number of hydrogen-bond acceptors (Lipinski definition) is 6. The minimum absolute atomic E-state index is 0.00822. The van der Waals surface area contributed by atoms with Gasteiger partial charge in [0.1, 0.15) is 5.76 Å². The average Bonchev–Trinajstić information content (AvgIpc) is 3.21. The summed E-state index contributed by atoms with van der Waals surface area (Å²) in [4.78, 5) is 10.4. The summed E-state index contributed by atoms with van der Waals surface area (Å²) in [7, 11) is 0. The van der Waals surface area contributed by atoms with Crippen molar-refractivity contribution >= 4 is 28.7 Å². The van der Waals surface area contributed by atoms with Crippen molar-refractivity contribution in [2.24, 2.45) is 5.16 Å². The normalized spacial score (nSPS) is 12.6. The van der Waals surface area contributed by atoms with Crippen LogP contribution < -0.4 is 5.32 Å². The van der Waals surface area contributed by atoms with E-state index in [0.717, 1.165) is 5.56 Å². The van der Waals surface area contributed by atoms with Crippen LogP contribution in [0.2, 0.25) is 5.02 Å². The Morgan fingerprint density at radius 3 is 2.44 bits per heavy atom. The Bertz CT molecular complexity index is 923. The van der Waals surface area contributed by atoms with Gasteiger partial charge in [0.05, 0.1) is 22.9 Å². The number of benzene rings is 2. The molecule has 27 heavy (non-hydrogen) atoms. The fourth-order valence-electron chi connectivity index (χ4n) is 2.64. The highest BCUT2D eigenvalue weighted by Gasteiger charge is 2.19. The lowest BCUT2D eigenvalue weighted by Gasteiger charge is -2.18. The van der Waals surface area contributed by atoms with E-state index in [4.69, 9.17) is 16.0 Å². The third-order valence-electron chi connectivity index (χ3n) is 4.00. The van der Waals surface area contributed by atoms with Crippen molar-refractivity contribution in [1.82, 2.24) is 0 Å². The van der Waals surface area contributed by atoms with E-state index < -0.39 is 4.92 Å². The molecule has 138 valence electrons. The van der Waals surface area contributed by atoms with Crippen LogP contribution in [0.1, 0.15) is 23.8 Å². The third kappa shape index (κ3) is 4.65. The van der Waals surface area contributed by atoms with E-state index in [9.17, 15) is 15.3 Å². The zero-order valence-electron chi connectivity index (χ0n) is 14.1. The molecular formula is C19H16ClN3O4. The summed E-state index contributed by atoms with van der Waals surface area (Å²) < 4.78 is 5.50. The molecule has 1 aromatic heterocycles. The van der Waals surface area contributed by atoms with Crippen LogP contribution in [-0.2, 0) is 0 Å². The zero-order chi connectivity index (χ0) is 19.2. The molecule has 0 aliphatic rings. The van der Waals surface area contributed by atoms with Gasteiger partial charge >= 0.3 is 0 Å². The highest BCUT2D eigenvalue weighted by atomic mass is 35.5. The van der Waals surface area contributed by atoms with E-state index in [1.807, 2.05) is 0 Å². The maximum absolute atomic E-state index is 10.8. The van der Waals surface area contributed by atoms with Crippen LogP contribution in [0.4, 0.5) is 11.4 Å². The first-order chi connectivity index (χ1) is 13.1. The van der Waals surface area contributed by atoms with Crippen LogP contribution in [0.25, 0.3) is 0 Å². The summed E-state index contributed by atoms with van der Waals surface area (Å²) >= 11 is 5.91. The van der Waals surface area contributed by atoms with Crippen molar-refractivity contribution in [2.75, 3.05) is 5.32 Å². The fraction of sp³-hybridized carbons (Fsp3) is 0.105. The summed E-state index contributed by atoms with van der Waals surface area (Å²) in [5.74, 6) is 0.642. The molecule has 0 bridgehead atoms. The van der Waals surface area contributed by atoms with Gasteiger partial charge in [-0.3, -0.25) is 10.1 Å². The topological polar surface area (TPSA) is 101 Å². The molecule has 1 atom stereocenters. The van der Waals surface area contributed by atoms with Gasteiger partial charge in [-0.15, -0.1) is 0 Å². The molecule has 1 unspecified atom stereocenters. The summed E-state index contributed by atoms with van der Waals surface area (Å²) in [5, 5.41) is 27.5. The van der Waals surface area contributed by atoms with Gasteiger partial charge in [0.15, 0.2) is 0 Å². The van der Waals surface area contributed by atoms with E-state index in [0.29, 0.717) is 28.6 Å². The first kappa shape index (κ1) is 18.5. The molecule has 0 spiro atoms. The monoisotopic (exact) mass is 385 g/mol. The first-order valence-electron chi connectivity index (χ1n) is 8.08. The van der Waals surface area contributed by atoms with Crippen molar-refractivity contribution < 1.29 is 14.5 Å². The Hall–Kier alpha value is -3.32. The van der Waals surface area contributed by atoms with Gasteiger partial charge in [-0.25, -0.2) is 0 Å². The van der Waals surface area contributed by atoms with E-state index in [1.54, 1.807) is 54.8 Å². The maximum Gasteiger partial charge on any atom is 0.269 e. The Morgan fingerprint density at radius 2 is 1.89 bits per heavy atom. The van der Waals surface area contributed by atoms with Crippen LogP contribution in [-0.4, -0.2) is 15.8 Å². The number of nitrogens with one attached hydrogen (secondary N) is 1. The van der Waals surface area contributed by atoms with Crippen LogP contribution in [0.3, 0.4) is 0 Å². The number of anilines is 1. The van der Waals surface area contributed by atoms with Gasteiger partial charge in [-0.1, -0.05) is 28.9 Å². The van der Waals surface area contributed by atoms with E-state index in [2.05, 4.69) is 10.5 Å². The summed E-state index contributed by atoms with van der Waals surface area (Å²) in [6, 6.07) is 16.3. The SMILES string of the molecule is O=[N+]([O-])c1ccc(NC(C/C(=N/O)c2ccc(Cl)cc2)c2ccco2)cc1. The Kier molecular flexibility index (Phi) is 5.73. The van der Waals surface area contributed by atoms with Gasteiger partial charge in [-0.2, -0.15) is 0 Å². The van der Waals surface area contributed by atoms with Gasteiger partial charge in [0.25, 0.3) is 5.69 Å². The van der Waals surface area contributed by atoms with E-state index >= 15 is 0 Å². The van der Waals surface area contributed by atoms with Crippen LogP contribution in [0, 0.1) is 10.1 Å². The number of hydrogen-bond donors (Lipinski definition) is 2. The van der Waals surface area contributed by atoms with Gasteiger partial charge in [0.2, 0.25) is 0 Å². The van der Waals surface area contributed by atoms with Crippen molar-refractivity contribution in [3.63, 3.8) is 0 Å². The molecule has 0 aliphatic carbocycles.